The third kappa shape index (κ3) is 1.32. The Morgan fingerprint density at radius 1 is 1.40 bits per heavy atom. The van der Waals surface area contributed by atoms with Gasteiger partial charge in [-0.3, -0.25) is 9.59 Å². The summed E-state index contributed by atoms with van der Waals surface area (Å²) in [5, 5.41) is 0. The first-order valence-electron chi connectivity index (χ1n) is 3.28. The van der Waals surface area contributed by atoms with Crippen molar-refractivity contribution < 1.29 is 9.59 Å². The first-order chi connectivity index (χ1) is 4.51. The van der Waals surface area contributed by atoms with Gasteiger partial charge in [0.15, 0.2) is 0 Å². The highest BCUT2D eigenvalue weighted by Gasteiger charge is 2.26. The minimum atomic E-state index is -0.362. The molecule has 0 saturated heterocycles. The molecule has 2 heteroatoms. The molecule has 0 amide bonds. The van der Waals surface area contributed by atoms with Crippen LogP contribution in [0.4, 0.5) is 0 Å². The summed E-state index contributed by atoms with van der Waals surface area (Å²) in [5.41, 5.74) is -0.120. The van der Waals surface area contributed by atoms with Crippen molar-refractivity contribution in [1.82, 2.24) is 0 Å². The zero-order valence-corrected chi connectivity index (χ0v) is 6.18. The summed E-state index contributed by atoms with van der Waals surface area (Å²) in [6.07, 6.45) is 3.50. The minimum absolute atomic E-state index is 0.120. The summed E-state index contributed by atoms with van der Waals surface area (Å²) in [5.74, 6) is -0.633. The SMILES string of the molecule is CC1(C)C=CC(=O)C(=O)C1. The van der Waals surface area contributed by atoms with Gasteiger partial charge in [0.05, 0.1) is 0 Å². The van der Waals surface area contributed by atoms with Crippen molar-refractivity contribution in [2.45, 2.75) is 20.3 Å². The van der Waals surface area contributed by atoms with Gasteiger partial charge in [0.25, 0.3) is 0 Å². The Bertz CT molecular complexity index is 211. The maximum atomic E-state index is 10.8. The van der Waals surface area contributed by atoms with E-state index in [4.69, 9.17) is 0 Å². The Balaban J connectivity index is 2.89. The van der Waals surface area contributed by atoms with Crippen LogP contribution in [-0.4, -0.2) is 11.6 Å². The number of carbonyl (C=O) groups is 2. The lowest BCUT2D eigenvalue weighted by molar-refractivity contribution is -0.135. The predicted octanol–water partition coefficient (Wildman–Crippen LogP) is 1.11. The Morgan fingerprint density at radius 3 is 2.40 bits per heavy atom. The van der Waals surface area contributed by atoms with E-state index in [1.54, 1.807) is 6.08 Å². The van der Waals surface area contributed by atoms with Gasteiger partial charge >= 0.3 is 0 Å². The molecule has 0 spiro atoms. The quantitative estimate of drug-likeness (QED) is 0.470. The van der Waals surface area contributed by atoms with Crippen LogP contribution >= 0.6 is 0 Å². The molecule has 0 bridgehead atoms. The van der Waals surface area contributed by atoms with Gasteiger partial charge in [0.2, 0.25) is 11.6 Å². The number of Topliss-reactive ketones (excluding diaryl/α,β-unsaturated/α-hetero) is 1. The topological polar surface area (TPSA) is 34.1 Å². The van der Waals surface area contributed by atoms with Crippen molar-refractivity contribution in [3.63, 3.8) is 0 Å². The Morgan fingerprint density at radius 2 is 2.00 bits per heavy atom. The second kappa shape index (κ2) is 2.04. The van der Waals surface area contributed by atoms with E-state index in [1.165, 1.54) is 6.08 Å². The summed E-state index contributed by atoms with van der Waals surface area (Å²) >= 11 is 0. The minimum Gasteiger partial charge on any atom is -0.290 e. The molecule has 2 nitrogen and oxygen atoms in total. The molecule has 0 aliphatic heterocycles. The standard InChI is InChI=1S/C8H10O2/c1-8(2)4-3-6(9)7(10)5-8/h3-4H,5H2,1-2H3. The number of hydrogen-bond donors (Lipinski definition) is 0. The third-order valence-corrected chi connectivity index (χ3v) is 1.58. The van der Waals surface area contributed by atoms with E-state index >= 15 is 0 Å². The van der Waals surface area contributed by atoms with Crippen LogP contribution in [0.5, 0.6) is 0 Å². The molecule has 1 rings (SSSR count). The van der Waals surface area contributed by atoms with Crippen LogP contribution in [0.1, 0.15) is 20.3 Å². The highest BCUT2D eigenvalue weighted by molar-refractivity contribution is 6.42. The number of rotatable bonds is 0. The molecule has 0 saturated carbocycles. The van der Waals surface area contributed by atoms with Crippen LogP contribution in [-0.2, 0) is 9.59 Å². The summed E-state index contributed by atoms with van der Waals surface area (Å²) < 4.78 is 0. The van der Waals surface area contributed by atoms with Gasteiger partial charge in [0, 0.05) is 6.42 Å². The van der Waals surface area contributed by atoms with Crippen LogP contribution in [0, 0.1) is 5.41 Å². The van der Waals surface area contributed by atoms with Gasteiger partial charge in [-0.05, 0) is 11.5 Å². The molecule has 0 aromatic heterocycles. The molecule has 54 valence electrons. The Labute approximate surface area is 59.9 Å². The average molecular weight is 138 g/mol. The molecule has 10 heavy (non-hydrogen) atoms. The monoisotopic (exact) mass is 138 g/mol. The van der Waals surface area contributed by atoms with Crippen molar-refractivity contribution >= 4 is 11.6 Å². The van der Waals surface area contributed by atoms with Gasteiger partial charge in [-0.25, -0.2) is 0 Å². The molecule has 0 aromatic rings. The van der Waals surface area contributed by atoms with Crippen molar-refractivity contribution in [1.29, 1.82) is 0 Å². The predicted molar refractivity (Wildman–Crippen MR) is 37.6 cm³/mol. The van der Waals surface area contributed by atoms with Crippen molar-refractivity contribution in [3.05, 3.63) is 12.2 Å². The molecule has 1 aliphatic carbocycles. The van der Waals surface area contributed by atoms with E-state index in [9.17, 15) is 9.59 Å². The second-order valence-corrected chi connectivity index (χ2v) is 3.29. The van der Waals surface area contributed by atoms with Gasteiger partial charge in [-0.1, -0.05) is 19.9 Å². The molecular weight excluding hydrogens is 128 g/mol. The van der Waals surface area contributed by atoms with Crippen LogP contribution in [0.25, 0.3) is 0 Å². The number of ketones is 2. The lowest BCUT2D eigenvalue weighted by atomic mass is 9.82. The van der Waals surface area contributed by atoms with E-state index in [2.05, 4.69) is 0 Å². The smallest absolute Gasteiger partial charge is 0.221 e. The fraction of sp³-hybridized carbons (Fsp3) is 0.500. The number of carbonyl (C=O) groups excluding carboxylic acids is 2. The molecule has 0 N–H and O–H groups in total. The van der Waals surface area contributed by atoms with E-state index in [1.807, 2.05) is 13.8 Å². The second-order valence-electron chi connectivity index (χ2n) is 3.29. The fourth-order valence-corrected chi connectivity index (χ4v) is 0.954. The fourth-order valence-electron chi connectivity index (χ4n) is 0.954. The largest absolute Gasteiger partial charge is 0.290 e. The lowest BCUT2D eigenvalue weighted by Gasteiger charge is -2.21. The summed E-state index contributed by atoms with van der Waals surface area (Å²) in [6, 6.07) is 0. The van der Waals surface area contributed by atoms with Gasteiger partial charge in [0.1, 0.15) is 0 Å². The molecule has 0 atom stereocenters. The summed E-state index contributed by atoms with van der Waals surface area (Å²) in [6.45, 7) is 3.88. The molecule has 0 fully saturated rings. The number of hydrogen-bond acceptors (Lipinski definition) is 2. The molecule has 0 heterocycles. The van der Waals surface area contributed by atoms with Gasteiger partial charge < -0.3 is 0 Å². The van der Waals surface area contributed by atoms with Crippen molar-refractivity contribution in [3.8, 4) is 0 Å². The normalized spacial score (nSPS) is 23.4. The Kier molecular flexibility index (Phi) is 1.47. The molecule has 1 aliphatic rings. The summed E-state index contributed by atoms with van der Waals surface area (Å²) in [7, 11) is 0. The zero-order chi connectivity index (χ0) is 7.78. The molecule has 0 radical (unpaired) electrons. The van der Waals surface area contributed by atoms with Gasteiger partial charge in [-0.2, -0.15) is 0 Å². The highest BCUT2D eigenvalue weighted by atomic mass is 16.2. The van der Waals surface area contributed by atoms with E-state index < -0.39 is 0 Å². The third-order valence-electron chi connectivity index (χ3n) is 1.58. The first-order valence-corrected chi connectivity index (χ1v) is 3.28. The van der Waals surface area contributed by atoms with Crippen molar-refractivity contribution in [2.24, 2.45) is 5.41 Å². The maximum absolute atomic E-state index is 10.8. The Hall–Kier alpha value is -0.920. The van der Waals surface area contributed by atoms with Crippen molar-refractivity contribution in [2.75, 3.05) is 0 Å². The van der Waals surface area contributed by atoms with Crippen LogP contribution in [0.2, 0.25) is 0 Å². The van der Waals surface area contributed by atoms with Crippen LogP contribution in [0.15, 0.2) is 12.2 Å². The van der Waals surface area contributed by atoms with Crippen LogP contribution in [0.3, 0.4) is 0 Å². The van der Waals surface area contributed by atoms with Gasteiger partial charge in [-0.15, -0.1) is 0 Å². The van der Waals surface area contributed by atoms with E-state index in [0.717, 1.165) is 0 Å². The highest BCUT2D eigenvalue weighted by Crippen LogP contribution is 2.25. The molecule has 0 unspecified atom stereocenters. The zero-order valence-electron chi connectivity index (χ0n) is 6.18. The number of allylic oxidation sites excluding steroid dienone is 2. The lowest BCUT2D eigenvalue weighted by Crippen LogP contribution is -2.25. The molecule has 0 aromatic carbocycles. The molecular formula is C8H10O2. The summed E-state index contributed by atoms with van der Waals surface area (Å²) in [4.78, 5) is 21.5. The van der Waals surface area contributed by atoms with Crippen LogP contribution < -0.4 is 0 Å². The average Bonchev–Trinajstić information content (AvgIpc) is 1.79. The van der Waals surface area contributed by atoms with E-state index in [-0.39, 0.29) is 17.0 Å². The first kappa shape index (κ1) is 7.19. The van der Waals surface area contributed by atoms with E-state index in [0.29, 0.717) is 6.42 Å². The maximum Gasteiger partial charge on any atom is 0.221 e.